The topological polar surface area (TPSA) is 25.2 Å². The molecule has 0 saturated heterocycles. The van der Waals surface area contributed by atoms with Crippen LogP contribution in [-0.4, -0.2) is 9.67 Å². The van der Waals surface area contributed by atoms with E-state index < -0.39 is 0 Å². The van der Waals surface area contributed by atoms with Gasteiger partial charge in [-0.15, -0.1) is 0 Å². The minimum absolute atomic E-state index is 0.211. The van der Waals surface area contributed by atoms with Gasteiger partial charge in [-0.3, -0.25) is 0 Å². The average molecular weight is 219 g/mol. The lowest BCUT2D eigenvalue weighted by molar-refractivity contribution is 0.155. The molecular weight excluding hydrogens is 198 g/mol. The smallest absolute Gasteiger partial charge is 0.0807 e. The van der Waals surface area contributed by atoms with Crippen LogP contribution in [0.5, 0.6) is 0 Å². The van der Waals surface area contributed by atoms with E-state index in [9.17, 15) is 5.11 Å². The van der Waals surface area contributed by atoms with E-state index in [4.69, 9.17) is 0 Å². The second-order valence-electron chi connectivity index (χ2n) is 6.17. The van der Waals surface area contributed by atoms with Crippen LogP contribution in [0.25, 0.3) is 0 Å². The molecule has 1 aromatic heterocycles. The van der Waals surface area contributed by atoms with Crippen LogP contribution >= 0.6 is 0 Å². The molecular formula is C14H21NO. The third-order valence-corrected chi connectivity index (χ3v) is 4.50. The number of hydrogen-bond donors (Lipinski definition) is 1. The van der Waals surface area contributed by atoms with E-state index in [1.54, 1.807) is 0 Å². The summed E-state index contributed by atoms with van der Waals surface area (Å²) in [6, 6.07) is 2.12. The van der Waals surface area contributed by atoms with Crippen LogP contribution in [0, 0.1) is 11.3 Å². The summed E-state index contributed by atoms with van der Waals surface area (Å²) >= 11 is 0. The van der Waals surface area contributed by atoms with Gasteiger partial charge in [0.05, 0.1) is 6.10 Å². The summed E-state index contributed by atoms with van der Waals surface area (Å²) in [6.07, 6.45) is 6.53. The van der Waals surface area contributed by atoms with Crippen LogP contribution in [0.1, 0.15) is 50.5 Å². The monoisotopic (exact) mass is 219 g/mol. The molecule has 16 heavy (non-hydrogen) atoms. The van der Waals surface area contributed by atoms with Gasteiger partial charge in [0, 0.05) is 24.0 Å². The van der Waals surface area contributed by atoms with Gasteiger partial charge >= 0.3 is 0 Å². The number of fused-ring (bicyclic) bond motifs is 1. The molecule has 0 bridgehead atoms. The Morgan fingerprint density at radius 2 is 2.25 bits per heavy atom. The van der Waals surface area contributed by atoms with Crippen LogP contribution in [0.2, 0.25) is 0 Å². The lowest BCUT2D eigenvalue weighted by Crippen LogP contribution is -2.13. The van der Waals surface area contributed by atoms with Crippen molar-refractivity contribution in [3.8, 4) is 0 Å². The highest BCUT2D eigenvalue weighted by Crippen LogP contribution is 2.52. The second-order valence-corrected chi connectivity index (χ2v) is 6.17. The first-order chi connectivity index (χ1) is 7.58. The van der Waals surface area contributed by atoms with Gasteiger partial charge in [0.15, 0.2) is 0 Å². The van der Waals surface area contributed by atoms with Gasteiger partial charge < -0.3 is 9.67 Å². The molecule has 1 aromatic rings. The summed E-state index contributed by atoms with van der Waals surface area (Å²) in [5.41, 5.74) is 3.12. The third kappa shape index (κ3) is 1.60. The largest absolute Gasteiger partial charge is 0.388 e. The number of aromatic nitrogens is 1. The summed E-state index contributed by atoms with van der Waals surface area (Å²) in [7, 11) is 0. The Morgan fingerprint density at radius 3 is 2.94 bits per heavy atom. The Labute approximate surface area is 97.3 Å². The highest BCUT2D eigenvalue weighted by atomic mass is 16.3. The second kappa shape index (κ2) is 3.36. The molecule has 1 N–H and O–H groups in total. The van der Waals surface area contributed by atoms with Crippen molar-refractivity contribution in [1.82, 2.24) is 4.57 Å². The number of aliphatic hydroxyl groups is 1. The van der Waals surface area contributed by atoms with E-state index in [0.717, 1.165) is 31.7 Å². The van der Waals surface area contributed by atoms with E-state index in [1.807, 2.05) is 0 Å². The fourth-order valence-corrected chi connectivity index (χ4v) is 3.03. The molecule has 0 spiro atoms. The Bertz CT molecular complexity index is 405. The maximum absolute atomic E-state index is 9.91. The van der Waals surface area contributed by atoms with Crippen molar-refractivity contribution in [3.05, 3.63) is 23.5 Å². The number of hydrogen-bond acceptors (Lipinski definition) is 1. The zero-order valence-electron chi connectivity index (χ0n) is 10.2. The van der Waals surface area contributed by atoms with Crippen molar-refractivity contribution in [2.45, 2.75) is 52.2 Å². The van der Waals surface area contributed by atoms with Crippen LogP contribution in [0.15, 0.2) is 12.3 Å². The summed E-state index contributed by atoms with van der Waals surface area (Å²) in [4.78, 5) is 0. The van der Waals surface area contributed by atoms with Gasteiger partial charge in [0.25, 0.3) is 0 Å². The van der Waals surface area contributed by atoms with Gasteiger partial charge in [0.2, 0.25) is 0 Å². The van der Waals surface area contributed by atoms with E-state index in [2.05, 4.69) is 30.7 Å². The molecule has 2 aliphatic rings. The molecule has 3 rings (SSSR count). The van der Waals surface area contributed by atoms with Crippen molar-refractivity contribution in [1.29, 1.82) is 0 Å². The minimum atomic E-state index is -0.211. The van der Waals surface area contributed by atoms with Crippen molar-refractivity contribution < 1.29 is 5.11 Å². The summed E-state index contributed by atoms with van der Waals surface area (Å²) in [5.74, 6) is 0.836. The van der Waals surface area contributed by atoms with Crippen molar-refractivity contribution in [3.63, 3.8) is 0 Å². The maximum Gasteiger partial charge on any atom is 0.0807 e. The first-order valence-corrected chi connectivity index (χ1v) is 6.44. The molecule has 0 aromatic carbocycles. The predicted molar refractivity (Wildman–Crippen MR) is 64.2 cm³/mol. The zero-order valence-corrected chi connectivity index (χ0v) is 10.2. The quantitative estimate of drug-likeness (QED) is 0.813. The number of rotatable bonds is 2. The zero-order chi connectivity index (χ0) is 11.3. The SMILES string of the molecule is CC1(C)CC1Cn1ccc2c1CCCC2O. The summed E-state index contributed by atoms with van der Waals surface area (Å²) in [6.45, 7) is 5.85. The van der Waals surface area contributed by atoms with E-state index in [1.165, 1.54) is 17.7 Å². The van der Waals surface area contributed by atoms with Crippen molar-refractivity contribution in [2.75, 3.05) is 0 Å². The lowest BCUT2D eigenvalue weighted by Gasteiger charge is -2.20. The molecule has 2 atom stereocenters. The van der Waals surface area contributed by atoms with Gasteiger partial charge in [-0.25, -0.2) is 0 Å². The maximum atomic E-state index is 9.91. The molecule has 1 fully saturated rings. The molecule has 0 amide bonds. The summed E-state index contributed by atoms with van der Waals surface area (Å²) < 4.78 is 2.39. The molecule has 0 aliphatic heterocycles. The molecule has 2 unspecified atom stereocenters. The first kappa shape index (κ1) is 10.4. The first-order valence-electron chi connectivity index (χ1n) is 6.44. The number of nitrogens with zero attached hydrogens (tertiary/aromatic N) is 1. The van der Waals surface area contributed by atoms with Crippen molar-refractivity contribution >= 4 is 0 Å². The molecule has 1 heterocycles. The van der Waals surface area contributed by atoms with Crippen LogP contribution in [-0.2, 0) is 13.0 Å². The average Bonchev–Trinajstić information content (AvgIpc) is 2.66. The van der Waals surface area contributed by atoms with Crippen LogP contribution in [0.4, 0.5) is 0 Å². The lowest BCUT2D eigenvalue weighted by atomic mass is 9.95. The molecule has 2 aliphatic carbocycles. The molecule has 2 heteroatoms. The van der Waals surface area contributed by atoms with Gasteiger partial charge in [-0.2, -0.15) is 0 Å². The molecule has 0 radical (unpaired) electrons. The van der Waals surface area contributed by atoms with E-state index in [-0.39, 0.29) is 6.10 Å². The number of aliphatic hydroxyl groups excluding tert-OH is 1. The van der Waals surface area contributed by atoms with Gasteiger partial charge in [-0.05, 0) is 43.1 Å². The standard InChI is InChI=1S/C14H21NO/c1-14(2)8-10(14)9-15-7-6-11-12(15)4-3-5-13(11)16/h6-7,10,13,16H,3-5,8-9H2,1-2H3. The van der Waals surface area contributed by atoms with E-state index in [0.29, 0.717) is 5.41 Å². The Morgan fingerprint density at radius 1 is 1.50 bits per heavy atom. The fraction of sp³-hybridized carbons (Fsp3) is 0.714. The minimum Gasteiger partial charge on any atom is -0.388 e. The van der Waals surface area contributed by atoms with E-state index >= 15 is 0 Å². The molecule has 88 valence electrons. The fourth-order valence-electron chi connectivity index (χ4n) is 3.03. The van der Waals surface area contributed by atoms with Crippen LogP contribution in [0.3, 0.4) is 0 Å². The predicted octanol–water partition coefficient (Wildman–Crippen LogP) is 2.90. The highest BCUT2D eigenvalue weighted by molar-refractivity contribution is 5.27. The Hall–Kier alpha value is -0.760. The summed E-state index contributed by atoms with van der Waals surface area (Å²) in [5, 5.41) is 9.91. The Balaban J connectivity index is 1.81. The molecule has 2 nitrogen and oxygen atoms in total. The third-order valence-electron chi connectivity index (χ3n) is 4.50. The molecule has 1 saturated carbocycles. The van der Waals surface area contributed by atoms with Gasteiger partial charge in [0.1, 0.15) is 0 Å². The Kier molecular flexibility index (Phi) is 2.19. The van der Waals surface area contributed by atoms with Crippen LogP contribution < -0.4 is 0 Å². The highest BCUT2D eigenvalue weighted by Gasteiger charge is 2.45. The van der Waals surface area contributed by atoms with Crippen molar-refractivity contribution in [2.24, 2.45) is 11.3 Å². The van der Waals surface area contributed by atoms with Gasteiger partial charge in [-0.1, -0.05) is 13.8 Å². The normalized spacial score (nSPS) is 31.2.